The zero-order valence-corrected chi connectivity index (χ0v) is 16.2. The van der Waals surface area contributed by atoms with E-state index in [0.29, 0.717) is 29.8 Å². The first-order valence-electron chi connectivity index (χ1n) is 11.3. The Bertz CT molecular complexity index is 636. The lowest BCUT2D eigenvalue weighted by atomic mass is 9.52. The fourth-order valence-electron chi connectivity index (χ4n) is 7.14. The van der Waals surface area contributed by atoms with Crippen LogP contribution >= 0.6 is 0 Å². The summed E-state index contributed by atoms with van der Waals surface area (Å²) in [5, 5.41) is 14.8. The van der Waals surface area contributed by atoms with E-state index in [-0.39, 0.29) is 11.9 Å². The SMILES string of the molecule is OC12CC3CC(C1)C(N1C=CC(C4CCC4)=NC1N[C@H]1CCOC1)C(C3)C2. The molecular formula is C22H33N3O2. The van der Waals surface area contributed by atoms with Gasteiger partial charge in [0.25, 0.3) is 0 Å². The van der Waals surface area contributed by atoms with Crippen molar-refractivity contribution in [2.45, 2.75) is 81.8 Å². The molecule has 6 fully saturated rings. The first-order chi connectivity index (χ1) is 13.2. The van der Waals surface area contributed by atoms with Crippen molar-refractivity contribution in [3.63, 3.8) is 0 Å². The third kappa shape index (κ3) is 2.89. The molecule has 2 heterocycles. The van der Waals surface area contributed by atoms with Crippen LogP contribution in [0.1, 0.15) is 57.8 Å². The Morgan fingerprint density at radius 1 is 1.15 bits per heavy atom. The summed E-state index contributed by atoms with van der Waals surface area (Å²) in [4.78, 5) is 7.76. The normalized spacial score (nSPS) is 48.8. The van der Waals surface area contributed by atoms with Gasteiger partial charge in [0, 0.05) is 36.5 Å². The Labute approximate surface area is 162 Å². The van der Waals surface area contributed by atoms with Crippen molar-refractivity contribution >= 4 is 5.71 Å². The number of rotatable bonds is 4. The quantitative estimate of drug-likeness (QED) is 0.798. The van der Waals surface area contributed by atoms with E-state index in [2.05, 4.69) is 22.5 Å². The number of nitrogens with zero attached hydrogens (tertiary/aromatic N) is 2. The van der Waals surface area contributed by atoms with Crippen molar-refractivity contribution in [1.29, 1.82) is 0 Å². The fourth-order valence-corrected chi connectivity index (χ4v) is 7.14. The Balaban J connectivity index is 1.27. The van der Waals surface area contributed by atoms with Crippen LogP contribution in [0.15, 0.2) is 17.3 Å². The van der Waals surface area contributed by atoms with Gasteiger partial charge in [-0.2, -0.15) is 0 Å². The van der Waals surface area contributed by atoms with Crippen molar-refractivity contribution in [1.82, 2.24) is 10.2 Å². The molecule has 5 aliphatic carbocycles. The van der Waals surface area contributed by atoms with E-state index in [0.717, 1.165) is 44.8 Å². The summed E-state index contributed by atoms with van der Waals surface area (Å²) < 4.78 is 5.61. The monoisotopic (exact) mass is 371 g/mol. The van der Waals surface area contributed by atoms with E-state index in [1.54, 1.807) is 0 Å². The summed E-state index contributed by atoms with van der Waals surface area (Å²) >= 11 is 0. The highest BCUT2D eigenvalue weighted by atomic mass is 16.5. The van der Waals surface area contributed by atoms with E-state index in [4.69, 9.17) is 9.73 Å². The molecule has 2 N–H and O–H groups in total. The van der Waals surface area contributed by atoms with Gasteiger partial charge in [-0.1, -0.05) is 6.42 Å². The minimum atomic E-state index is -0.366. The first kappa shape index (κ1) is 17.0. The topological polar surface area (TPSA) is 57.1 Å². The summed E-state index contributed by atoms with van der Waals surface area (Å²) in [5.41, 5.74) is 0.936. The Kier molecular flexibility index (Phi) is 3.96. The maximum Gasteiger partial charge on any atom is 0.176 e. The molecule has 2 aliphatic heterocycles. The number of ether oxygens (including phenoxy) is 1. The zero-order chi connectivity index (χ0) is 18.0. The van der Waals surface area contributed by atoms with E-state index >= 15 is 0 Å². The smallest absolute Gasteiger partial charge is 0.176 e. The van der Waals surface area contributed by atoms with Crippen molar-refractivity contribution in [2.75, 3.05) is 13.2 Å². The molecule has 5 saturated carbocycles. The van der Waals surface area contributed by atoms with Gasteiger partial charge in [-0.3, -0.25) is 5.32 Å². The molecule has 5 nitrogen and oxygen atoms in total. The number of hydrogen-bond acceptors (Lipinski definition) is 5. The van der Waals surface area contributed by atoms with Gasteiger partial charge in [0.1, 0.15) is 0 Å². The van der Waals surface area contributed by atoms with Crippen LogP contribution in [-0.4, -0.2) is 52.9 Å². The third-order valence-corrected chi connectivity index (χ3v) is 8.34. The zero-order valence-electron chi connectivity index (χ0n) is 16.2. The van der Waals surface area contributed by atoms with Gasteiger partial charge < -0.3 is 14.7 Å². The van der Waals surface area contributed by atoms with Crippen LogP contribution in [0, 0.1) is 23.7 Å². The molecule has 0 aromatic carbocycles. The molecule has 7 rings (SSSR count). The lowest BCUT2D eigenvalue weighted by Crippen LogP contribution is -2.64. The van der Waals surface area contributed by atoms with Gasteiger partial charge in [-0.05, 0) is 75.2 Å². The lowest BCUT2D eigenvalue weighted by molar-refractivity contribution is -0.159. The number of allylic oxidation sites excluding steroid dienone is 1. The predicted octanol–water partition coefficient (Wildman–Crippen LogP) is 2.66. The largest absolute Gasteiger partial charge is 0.390 e. The van der Waals surface area contributed by atoms with Crippen LogP contribution in [0.5, 0.6) is 0 Å². The van der Waals surface area contributed by atoms with E-state index in [1.165, 1.54) is 37.8 Å². The highest BCUT2D eigenvalue weighted by molar-refractivity contribution is 5.97. The van der Waals surface area contributed by atoms with Crippen LogP contribution in [0.4, 0.5) is 0 Å². The molecule has 4 bridgehead atoms. The summed E-state index contributed by atoms with van der Waals surface area (Å²) in [6.07, 6.45) is 15.4. The van der Waals surface area contributed by atoms with Crippen molar-refractivity contribution in [3.8, 4) is 0 Å². The molecular weight excluding hydrogens is 338 g/mol. The van der Waals surface area contributed by atoms with E-state index in [9.17, 15) is 5.11 Å². The lowest BCUT2D eigenvalue weighted by Gasteiger charge is -2.61. The molecule has 0 amide bonds. The number of nitrogens with one attached hydrogen (secondary N) is 1. The molecule has 27 heavy (non-hydrogen) atoms. The molecule has 7 aliphatic rings. The Morgan fingerprint density at radius 2 is 1.96 bits per heavy atom. The van der Waals surface area contributed by atoms with E-state index in [1.807, 2.05) is 0 Å². The molecule has 0 aromatic rings. The summed E-state index contributed by atoms with van der Waals surface area (Å²) in [5.74, 6) is 2.67. The van der Waals surface area contributed by atoms with E-state index < -0.39 is 0 Å². The first-order valence-corrected chi connectivity index (χ1v) is 11.3. The minimum absolute atomic E-state index is 0.0504. The average molecular weight is 372 g/mol. The molecule has 4 atom stereocenters. The third-order valence-electron chi connectivity index (χ3n) is 8.34. The minimum Gasteiger partial charge on any atom is -0.390 e. The average Bonchev–Trinajstić information content (AvgIpc) is 3.06. The Hall–Kier alpha value is -0.910. The maximum atomic E-state index is 11.0. The molecule has 0 spiro atoms. The molecule has 0 radical (unpaired) electrons. The molecule has 148 valence electrons. The van der Waals surface area contributed by atoms with Crippen LogP contribution in [-0.2, 0) is 4.74 Å². The van der Waals surface area contributed by atoms with Gasteiger partial charge in [-0.25, -0.2) is 4.99 Å². The summed E-state index contributed by atoms with van der Waals surface area (Å²) in [6, 6.07) is 0.945. The van der Waals surface area contributed by atoms with Crippen molar-refractivity contribution in [3.05, 3.63) is 12.3 Å². The van der Waals surface area contributed by atoms with Crippen LogP contribution in [0.25, 0.3) is 0 Å². The Morgan fingerprint density at radius 3 is 2.59 bits per heavy atom. The maximum absolute atomic E-state index is 11.0. The molecule has 0 aromatic heterocycles. The number of aliphatic imine (C=N–C) groups is 1. The molecule has 5 heteroatoms. The predicted molar refractivity (Wildman–Crippen MR) is 104 cm³/mol. The number of hydrogen-bond donors (Lipinski definition) is 2. The van der Waals surface area contributed by atoms with Crippen LogP contribution in [0.3, 0.4) is 0 Å². The standard InChI is InChI=1S/C22H33N3O2/c26-22-10-14-8-16(11-22)20(17(9-14)12-22)25-6-4-19(15-2-1-3-15)24-21(25)23-18-5-7-27-13-18/h4,6,14-18,20-21,23,26H,1-3,5,7-13H2/t14?,16?,17?,18-,20?,21?,22?/m0/s1. The van der Waals surface area contributed by atoms with Crippen LogP contribution in [0.2, 0.25) is 0 Å². The van der Waals surface area contributed by atoms with Gasteiger partial charge in [-0.15, -0.1) is 0 Å². The highest BCUT2D eigenvalue weighted by Gasteiger charge is 2.56. The summed E-state index contributed by atoms with van der Waals surface area (Å²) in [7, 11) is 0. The van der Waals surface area contributed by atoms with Gasteiger partial charge in [0.15, 0.2) is 6.29 Å². The van der Waals surface area contributed by atoms with Crippen molar-refractivity contribution in [2.24, 2.45) is 28.7 Å². The second kappa shape index (κ2) is 6.30. The van der Waals surface area contributed by atoms with Crippen LogP contribution < -0.4 is 5.32 Å². The second-order valence-corrected chi connectivity index (χ2v) is 10.2. The fraction of sp³-hybridized carbons (Fsp3) is 0.864. The second-order valence-electron chi connectivity index (χ2n) is 10.2. The highest BCUT2D eigenvalue weighted by Crippen LogP contribution is 2.57. The molecule has 1 saturated heterocycles. The van der Waals surface area contributed by atoms with Crippen molar-refractivity contribution < 1.29 is 9.84 Å². The van der Waals surface area contributed by atoms with Gasteiger partial charge in [0.2, 0.25) is 0 Å². The van der Waals surface area contributed by atoms with Gasteiger partial charge in [0.05, 0.1) is 12.2 Å². The van der Waals surface area contributed by atoms with Gasteiger partial charge >= 0.3 is 0 Å². The number of aliphatic hydroxyl groups is 1. The molecule has 3 unspecified atom stereocenters. The summed E-state index contributed by atoms with van der Waals surface area (Å²) in [6.45, 7) is 1.67.